The molecule has 4 nitrogen and oxygen atoms in total. The zero-order valence-corrected chi connectivity index (χ0v) is 15.3. The molecule has 25 heavy (non-hydrogen) atoms. The summed E-state index contributed by atoms with van der Waals surface area (Å²) in [6.45, 7) is 6.13. The molecule has 0 radical (unpaired) electrons. The predicted molar refractivity (Wildman–Crippen MR) is 96.8 cm³/mol. The second-order valence-electron chi connectivity index (χ2n) is 7.11. The number of methoxy groups -OCH3 is 1. The van der Waals surface area contributed by atoms with Crippen molar-refractivity contribution in [1.82, 2.24) is 5.32 Å². The van der Waals surface area contributed by atoms with Crippen LogP contribution in [0.1, 0.15) is 50.2 Å². The van der Waals surface area contributed by atoms with Crippen LogP contribution in [-0.4, -0.2) is 18.9 Å². The van der Waals surface area contributed by atoms with Crippen LogP contribution in [0.4, 0.5) is 0 Å². The van der Waals surface area contributed by atoms with Crippen LogP contribution in [0.3, 0.4) is 0 Å². The second kappa shape index (κ2) is 6.87. The van der Waals surface area contributed by atoms with Crippen molar-refractivity contribution in [2.75, 3.05) is 7.11 Å². The van der Waals surface area contributed by atoms with Crippen molar-refractivity contribution in [3.05, 3.63) is 57.9 Å². The smallest absolute Gasteiger partial charge is 0.336 e. The molecule has 1 N–H and O–H groups in total. The minimum atomic E-state index is -0.369. The number of hydrogen-bond acceptors (Lipinski definition) is 4. The number of esters is 1. The lowest BCUT2D eigenvalue weighted by Crippen LogP contribution is -2.36. The predicted octanol–water partition coefficient (Wildman–Crippen LogP) is 3.77. The van der Waals surface area contributed by atoms with Gasteiger partial charge in [-0.2, -0.15) is 0 Å². The average Bonchev–Trinajstić information content (AvgIpc) is 2.60. The third-order valence-corrected chi connectivity index (χ3v) is 5.00. The quantitative estimate of drug-likeness (QED) is 0.852. The molecule has 0 spiro atoms. The van der Waals surface area contributed by atoms with E-state index in [2.05, 4.69) is 5.32 Å². The highest BCUT2D eigenvalue weighted by atomic mass is 16.5. The number of rotatable bonds is 3. The maximum Gasteiger partial charge on any atom is 0.336 e. The maximum absolute atomic E-state index is 12.7. The van der Waals surface area contributed by atoms with Gasteiger partial charge in [-0.05, 0) is 31.2 Å². The lowest BCUT2D eigenvalue weighted by atomic mass is 9.74. The number of benzene rings is 1. The van der Waals surface area contributed by atoms with E-state index in [9.17, 15) is 9.59 Å². The first kappa shape index (κ1) is 17.5. The van der Waals surface area contributed by atoms with Gasteiger partial charge in [-0.3, -0.25) is 4.79 Å². The van der Waals surface area contributed by atoms with Crippen molar-refractivity contribution in [2.45, 2.75) is 46.0 Å². The first-order valence-corrected chi connectivity index (χ1v) is 8.86. The summed E-state index contributed by atoms with van der Waals surface area (Å²) in [5, 5.41) is 3.40. The maximum atomic E-state index is 12.7. The molecular formula is C21H25NO3. The van der Waals surface area contributed by atoms with Crippen LogP contribution < -0.4 is 5.32 Å². The van der Waals surface area contributed by atoms with E-state index in [0.717, 1.165) is 40.9 Å². The summed E-state index contributed by atoms with van der Waals surface area (Å²) in [5.74, 6) is -0.460. The van der Waals surface area contributed by atoms with E-state index in [0.29, 0.717) is 12.0 Å². The van der Waals surface area contributed by atoms with E-state index in [1.165, 1.54) is 7.11 Å². The standard InChI is InChI=1S/C21H25NO3/c1-12(2)20-19(21(24)25-4)17(14-10-8-13(3)9-11-14)18-15(22-20)6-5-7-16(18)23/h8-12,17,22H,5-7H2,1-4H3. The highest BCUT2D eigenvalue weighted by Crippen LogP contribution is 2.43. The number of Topliss-reactive ketones (excluding diaryl/α,β-unsaturated/α-hetero) is 1. The van der Waals surface area contributed by atoms with Crippen LogP contribution in [0, 0.1) is 12.8 Å². The Kier molecular flexibility index (Phi) is 4.80. The van der Waals surface area contributed by atoms with Gasteiger partial charge in [0.15, 0.2) is 5.78 Å². The van der Waals surface area contributed by atoms with Gasteiger partial charge in [0, 0.05) is 29.3 Å². The molecule has 0 aromatic heterocycles. The molecule has 0 fully saturated rings. The third kappa shape index (κ3) is 3.13. The van der Waals surface area contributed by atoms with Crippen LogP contribution in [0.2, 0.25) is 0 Å². The van der Waals surface area contributed by atoms with E-state index in [1.54, 1.807) is 0 Å². The number of nitrogens with one attached hydrogen (secondary N) is 1. The Morgan fingerprint density at radius 1 is 1.20 bits per heavy atom. The van der Waals surface area contributed by atoms with Crippen molar-refractivity contribution in [3.63, 3.8) is 0 Å². The van der Waals surface area contributed by atoms with Crippen molar-refractivity contribution >= 4 is 11.8 Å². The van der Waals surface area contributed by atoms with Gasteiger partial charge >= 0.3 is 5.97 Å². The fraction of sp³-hybridized carbons (Fsp3) is 0.429. The van der Waals surface area contributed by atoms with Crippen molar-refractivity contribution in [2.24, 2.45) is 5.92 Å². The molecule has 132 valence electrons. The Labute approximate surface area is 149 Å². The number of dihydropyridines is 1. The highest BCUT2D eigenvalue weighted by molar-refractivity contribution is 6.03. The fourth-order valence-corrected chi connectivity index (χ4v) is 3.74. The van der Waals surface area contributed by atoms with Gasteiger partial charge in [-0.1, -0.05) is 43.7 Å². The number of carbonyl (C=O) groups excluding carboxylic acids is 2. The van der Waals surface area contributed by atoms with E-state index in [-0.39, 0.29) is 23.6 Å². The van der Waals surface area contributed by atoms with Gasteiger partial charge in [-0.15, -0.1) is 0 Å². The molecule has 1 aliphatic carbocycles. The van der Waals surface area contributed by atoms with Gasteiger partial charge in [0.05, 0.1) is 12.7 Å². The van der Waals surface area contributed by atoms with E-state index in [4.69, 9.17) is 4.74 Å². The third-order valence-electron chi connectivity index (χ3n) is 5.00. The van der Waals surface area contributed by atoms with Crippen LogP contribution in [0.5, 0.6) is 0 Å². The molecule has 1 heterocycles. The van der Waals surface area contributed by atoms with Gasteiger partial charge < -0.3 is 10.1 Å². The van der Waals surface area contributed by atoms with Crippen LogP contribution in [0.25, 0.3) is 0 Å². The minimum Gasteiger partial charge on any atom is -0.466 e. The van der Waals surface area contributed by atoms with E-state index >= 15 is 0 Å². The number of aryl methyl sites for hydroxylation is 1. The second-order valence-corrected chi connectivity index (χ2v) is 7.11. The molecule has 1 atom stereocenters. The van der Waals surface area contributed by atoms with Crippen molar-refractivity contribution < 1.29 is 14.3 Å². The van der Waals surface area contributed by atoms with E-state index in [1.807, 2.05) is 45.0 Å². The molecule has 1 aromatic carbocycles. The summed E-state index contributed by atoms with van der Waals surface area (Å²) >= 11 is 0. The molecule has 0 bridgehead atoms. The Morgan fingerprint density at radius 2 is 1.88 bits per heavy atom. The molecule has 3 rings (SSSR count). The van der Waals surface area contributed by atoms with Crippen LogP contribution in [0.15, 0.2) is 46.8 Å². The number of ketones is 1. The Bertz CT molecular complexity index is 769. The summed E-state index contributed by atoms with van der Waals surface area (Å²) in [5.41, 5.74) is 5.25. The van der Waals surface area contributed by atoms with Gasteiger partial charge in [0.1, 0.15) is 0 Å². The molecule has 4 heteroatoms. The summed E-state index contributed by atoms with van der Waals surface area (Å²) in [4.78, 5) is 25.4. The summed E-state index contributed by atoms with van der Waals surface area (Å²) in [7, 11) is 1.39. The molecule has 1 aliphatic heterocycles. The van der Waals surface area contributed by atoms with Gasteiger partial charge in [0.2, 0.25) is 0 Å². The molecule has 0 saturated carbocycles. The Hall–Kier alpha value is -2.36. The van der Waals surface area contributed by atoms with E-state index < -0.39 is 0 Å². The first-order chi connectivity index (χ1) is 11.9. The summed E-state index contributed by atoms with van der Waals surface area (Å²) in [6, 6.07) is 8.07. The Morgan fingerprint density at radius 3 is 2.48 bits per heavy atom. The van der Waals surface area contributed by atoms with Crippen molar-refractivity contribution in [3.8, 4) is 0 Å². The Balaban J connectivity index is 2.24. The normalized spacial score (nSPS) is 20.5. The lowest BCUT2D eigenvalue weighted by molar-refractivity contribution is -0.136. The summed E-state index contributed by atoms with van der Waals surface area (Å²) < 4.78 is 5.09. The topological polar surface area (TPSA) is 55.4 Å². The molecule has 1 aromatic rings. The number of hydrogen-bond donors (Lipinski definition) is 1. The lowest BCUT2D eigenvalue weighted by Gasteiger charge is -2.36. The molecule has 2 aliphatic rings. The minimum absolute atomic E-state index is 0.128. The summed E-state index contributed by atoms with van der Waals surface area (Å²) in [6.07, 6.45) is 2.23. The molecule has 0 saturated heterocycles. The zero-order valence-electron chi connectivity index (χ0n) is 15.3. The highest BCUT2D eigenvalue weighted by Gasteiger charge is 2.40. The SMILES string of the molecule is COC(=O)C1=C(C(C)C)NC2=C(C(=O)CCC2)C1c1ccc(C)cc1. The average molecular weight is 339 g/mol. The first-order valence-electron chi connectivity index (χ1n) is 8.86. The van der Waals surface area contributed by atoms with Crippen LogP contribution in [-0.2, 0) is 14.3 Å². The monoisotopic (exact) mass is 339 g/mol. The number of ether oxygens (including phenoxy) is 1. The van der Waals surface area contributed by atoms with Gasteiger partial charge in [-0.25, -0.2) is 4.79 Å². The zero-order chi connectivity index (χ0) is 18.1. The molecular weight excluding hydrogens is 314 g/mol. The fourth-order valence-electron chi connectivity index (χ4n) is 3.74. The van der Waals surface area contributed by atoms with Crippen molar-refractivity contribution in [1.29, 1.82) is 0 Å². The largest absolute Gasteiger partial charge is 0.466 e. The van der Waals surface area contributed by atoms with Gasteiger partial charge in [0.25, 0.3) is 0 Å². The molecule has 1 unspecified atom stereocenters. The number of allylic oxidation sites excluding steroid dienone is 3. The van der Waals surface area contributed by atoms with Crippen LogP contribution >= 0.6 is 0 Å². The molecule has 0 amide bonds. The number of carbonyl (C=O) groups is 2.